The number of sulfonamides is 1. The lowest BCUT2D eigenvalue weighted by Gasteiger charge is -2.08. The Balaban J connectivity index is 2.22. The number of aryl methyl sites for hydroxylation is 1. The predicted octanol–water partition coefficient (Wildman–Crippen LogP) is 2.14. The van der Waals surface area contributed by atoms with Gasteiger partial charge in [-0.3, -0.25) is 4.72 Å². The molecule has 7 heteroatoms. The van der Waals surface area contributed by atoms with Gasteiger partial charge in [0.05, 0.1) is 5.56 Å². The Kier molecular flexibility index (Phi) is 4.23. The summed E-state index contributed by atoms with van der Waals surface area (Å²) in [6.45, 7) is 2.01. The van der Waals surface area contributed by atoms with Crippen molar-refractivity contribution < 1.29 is 18.3 Å². The van der Waals surface area contributed by atoms with Gasteiger partial charge in [0, 0.05) is 11.9 Å². The van der Waals surface area contributed by atoms with Gasteiger partial charge in [-0.1, -0.05) is 19.1 Å². The van der Waals surface area contributed by atoms with E-state index in [4.69, 9.17) is 5.11 Å². The molecule has 0 aliphatic heterocycles. The van der Waals surface area contributed by atoms with Crippen LogP contribution in [0.4, 0.5) is 5.69 Å². The van der Waals surface area contributed by atoms with Crippen LogP contribution in [-0.4, -0.2) is 24.5 Å². The number of aromatic nitrogens is 1. The highest BCUT2D eigenvalue weighted by atomic mass is 32.2. The SMILES string of the molecule is CCc1ccc(NS(=O)(=O)c2ccc(C(=O)O)cn2)cc1. The van der Waals surface area contributed by atoms with Crippen LogP contribution >= 0.6 is 0 Å². The highest BCUT2D eigenvalue weighted by molar-refractivity contribution is 7.92. The third-order valence-corrected chi connectivity index (χ3v) is 4.17. The lowest BCUT2D eigenvalue weighted by molar-refractivity contribution is 0.0696. The molecule has 0 fully saturated rings. The van der Waals surface area contributed by atoms with E-state index in [0.29, 0.717) is 5.69 Å². The minimum Gasteiger partial charge on any atom is -0.478 e. The Bertz CT molecular complexity index is 738. The summed E-state index contributed by atoms with van der Waals surface area (Å²) in [5, 5.41) is 8.53. The first-order chi connectivity index (χ1) is 9.92. The molecule has 0 unspecified atom stereocenters. The molecule has 0 aliphatic carbocycles. The quantitative estimate of drug-likeness (QED) is 0.882. The van der Waals surface area contributed by atoms with Gasteiger partial charge < -0.3 is 5.11 Å². The van der Waals surface area contributed by atoms with Gasteiger partial charge in [-0.15, -0.1) is 0 Å². The normalized spacial score (nSPS) is 11.1. The van der Waals surface area contributed by atoms with E-state index < -0.39 is 16.0 Å². The molecule has 1 aromatic carbocycles. The summed E-state index contributed by atoms with van der Waals surface area (Å²) in [5.74, 6) is -1.16. The van der Waals surface area contributed by atoms with E-state index in [9.17, 15) is 13.2 Å². The zero-order chi connectivity index (χ0) is 15.5. The summed E-state index contributed by atoms with van der Waals surface area (Å²) in [6, 6.07) is 9.36. The average molecular weight is 306 g/mol. The number of nitrogens with one attached hydrogen (secondary N) is 1. The van der Waals surface area contributed by atoms with E-state index in [2.05, 4.69) is 9.71 Å². The van der Waals surface area contributed by atoms with E-state index >= 15 is 0 Å². The maximum Gasteiger partial charge on any atom is 0.337 e. The van der Waals surface area contributed by atoms with Crippen molar-refractivity contribution in [3.8, 4) is 0 Å². The van der Waals surface area contributed by atoms with Gasteiger partial charge >= 0.3 is 5.97 Å². The number of carbonyl (C=O) groups is 1. The minimum absolute atomic E-state index is 0.0683. The third-order valence-electron chi connectivity index (χ3n) is 2.87. The van der Waals surface area contributed by atoms with Crippen molar-refractivity contribution in [1.82, 2.24) is 4.98 Å². The van der Waals surface area contributed by atoms with Gasteiger partial charge in [-0.2, -0.15) is 8.42 Å². The summed E-state index contributed by atoms with van der Waals surface area (Å²) < 4.78 is 26.6. The van der Waals surface area contributed by atoms with Gasteiger partial charge in [0.2, 0.25) is 0 Å². The summed E-state index contributed by atoms with van der Waals surface area (Å²) in [4.78, 5) is 14.4. The van der Waals surface area contributed by atoms with Gasteiger partial charge in [0.25, 0.3) is 10.0 Å². The fraction of sp³-hybridized carbons (Fsp3) is 0.143. The molecule has 110 valence electrons. The van der Waals surface area contributed by atoms with Crippen molar-refractivity contribution in [3.05, 3.63) is 53.7 Å². The van der Waals surface area contributed by atoms with Crippen molar-refractivity contribution in [3.63, 3.8) is 0 Å². The summed E-state index contributed by atoms with van der Waals surface area (Å²) in [5.41, 5.74) is 1.46. The molecular formula is C14H14N2O4S. The van der Waals surface area contributed by atoms with E-state index in [0.717, 1.165) is 24.2 Å². The van der Waals surface area contributed by atoms with E-state index in [1.165, 1.54) is 6.07 Å². The Morgan fingerprint density at radius 2 is 1.86 bits per heavy atom. The molecule has 0 saturated heterocycles. The molecule has 6 nitrogen and oxygen atoms in total. The molecule has 0 atom stereocenters. The Labute approximate surface area is 122 Å². The first-order valence-corrected chi connectivity index (χ1v) is 7.72. The topological polar surface area (TPSA) is 96.4 Å². The molecule has 0 spiro atoms. The molecule has 1 heterocycles. The zero-order valence-electron chi connectivity index (χ0n) is 11.3. The Morgan fingerprint density at radius 3 is 2.33 bits per heavy atom. The number of rotatable bonds is 5. The number of anilines is 1. The fourth-order valence-corrected chi connectivity index (χ4v) is 2.67. The van der Waals surface area contributed by atoms with Crippen LogP contribution in [0.1, 0.15) is 22.8 Å². The van der Waals surface area contributed by atoms with Crippen LogP contribution in [0.25, 0.3) is 0 Å². The second-order valence-corrected chi connectivity index (χ2v) is 5.98. The molecule has 0 saturated carbocycles. The number of carboxylic acid groups (broad SMARTS) is 1. The second kappa shape index (κ2) is 5.92. The standard InChI is InChI=1S/C14H14N2O4S/c1-2-10-3-6-12(7-4-10)16-21(19,20)13-8-5-11(9-15-13)14(17)18/h3-9,16H,2H2,1H3,(H,17,18). The molecular weight excluding hydrogens is 292 g/mol. The van der Waals surface area contributed by atoms with Crippen LogP contribution in [0.3, 0.4) is 0 Å². The Morgan fingerprint density at radius 1 is 1.19 bits per heavy atom. The summed E-state index contributed by atoms with van der Waals surface area (Å²) >= 11 is 0. The second-order valence-electron chi connectivity index (χ2n) is 4.35. The fourth-order valence-electron chi connectivity index (χ4n) is 1.68. The number of nitrogens with zero attached hydrogens (tertiary/aromatic N) is 1. The van der Waals surface area contributed by atoms with Crippen LogP contribution in [0, 0.1) is 0 Å². The molecule has 1 aromatic heterocycles. The maximum atomic E-state index is 12.1. The molecule has 0 bridgehead atoms. The molecule has 21 heavy (non-hydrogen) atoms. The summed E-state index contributed by atoms with van der Waals surface area (Å²) in [6.07, 6.45) is 1.88. The molecule has 2 aromatic rings. The van der Waals surface area contributed by atoms with E-state index in [1.807, 2.05) is 19.1 Å². The van der Waals surface area contributed by atoms with Gasteiger partial charge in [0.15, 0.2) is 5.03 Å². The number of aromatic carboxylic acids is 1. The average Bonchev–Trinajstić information content (AvgIpc) is 2.48. The highest BCUT2D eigenvalue weighted by Gasteiger charge is 2.16. The largest absolute Gasteiger partial charge is 0.478 e. The minimum atomic E-state index is -3.83. The number of hydrogen-bond acceptors (Lipinski definition) is 4. The summed E-state index contributed by atoms with van der Waals surface area (Å²) in [7, 11) is -3.83. The first kappa shape index (κ1) is 15.0. The zero-order valence-corrected chi connectivity index (χ0v) is 12.1. The van der Waals surface area contributed by atoms with Crippen molar-refractivity contribution in [2.45, 2.75) is 18.4 Å². The molecule has 2 N–H and O–H groups in total. The highest BCUT2D eigenvalue weighted by Crippen LogP contribution is 2.15. The van der Waals surface area contributed by atoms with Crippen molar-refractivity contribution in [1.29, 1.82) is 0 Å². The molecule has 0 aliphatic rings. The van der Waals surface area contributed by atoms with Gasteiger partial charge in [-0.05, 0) is 36.2 Å². The van der Waals surface area contributed by atoms with Gasteiger partial charge in [0.1, 0.15) is 0 Å². The van der Waals surface area contributed by atoms with Crippen molar-refractivity contribution >= 4 is 21.7 Å². The molecule has 0 radical (unpaired) electrons. The van der Waals surface area contributed by atoms with Crippen molar-refractivity contribution in [2.75, 3.05) is 4.72 Å². The van der Waals surface area contributed by atoms with Crippen LogP contribution in [0.15, 0.2) is 47.6 Å². The van der Waals surface area contributed by atoms with E-state index in [1.54, 1.807) is 12.1 Å². The monoisotopic (exact) mass is 306 g/mol. The first-order valence-electron chi connectivity index (χ1n) is 6.23. The Hall–Kier alpha value is -2.41. The molecule has 0 amide bonds. The van der Waals surface area contributed by atoms with Crippen LogP contribution in [-0.2, 0) is 16.4 Å². The number of benzene rings is 1. The predicted molar refractivity (Wildman–Crippen MR) is 77.8 cm³/mol. The maximum absolute atomic E-state index is 12.1. The lowest BCUT2D eigenvalue weighted by Crippen LogP contribution is -2.14. The molecule has 2 rings (SSSR count). The third kappa shape index (κ3) is 3.57. The van der Waals surface area contributed by atoms with Crippen LogP contribution < -0.4 is 4.72 Å². The van der Waals surface area contributed by atoms with Crippen molar-refractivity contribution in [2.24, 2.45) is 0 Å². The number of pyridine rings is 1. The van der Waals surface area contributed by atoms with Gasteiger partial charge in [-0.25, -0.2) is 9.78 Å². The smallest absolute Gasteiger partial charge is 0.337 e. The van der Waals surface area contributed by atoms with Crippen LogP contribution in [0.2, 0.25) is 0 Å². The van der Waals surface area contributed by atoms with Crippen LogP contribution in [0.5, 0.6) is 0 Å². The lowest BCUT2D eigenvalue weighted by atomic mass is 10.2. The number of carboxylic acids is 1. The number of hydrogen-bond donors (Lipinski definition) is 2. The van der Waals surface area contributed by atoms with E-state index in [-0.39, 0.29) is 10.6 Å².